The summed E-state index contributed by atoms with van der Waals surface area (Å²) in [6.45, 7) is 9.91. The third-order valence-electron chi connectivity index (χ3n) is 9.06. The molecule has 1 aliphatic carbocycles. The first-order valence-corrected chi connectivity index (χ1v) is 17.1. The Kier molecular flexibility index (Phi) is 10.9. The number of amides is 2. The van der Waals surface area contributed by atoms with Gasteiger partial charge in [0.25, 0.3) is 5.91 Å². The molecular formula is C38H44F4N6O3. The molecule has 5 rings (SSSR count). The summed E-state index contributed by atoms with van der Waals surface area (Å²) in [6.07, 6.45) is 2.01. The number of benzene rings is 2. The number of rotatable bonds is 13. The maximum absolute atomic E-state index is 15.6. The lowest BCUT2D eigenvalue weighted by Crippen LogP contribution is -2.45. The van der Waals surface area contributed by atoms with Crippen LogP contribution in [0.25, 0.3) is 5.69 Å². The van der Waals surface area contributed by atoms with Gasteiger partial charge in [0.05, 0.1) is 16.9 Å². The fraction of sp³-hybridized carbons (Fsp3) is 0.421. The minimum atomic E-state index is -4.91. The molecule has 2 aromatic carbocycles. The average Bonchev–Trinajstić information content (AvgIpc) is 3.77. The Bertz CT molecular complexity index is 1850. The number of hydrogen-bond donors (Lipinski definition) is 3. The van der Waals surface area contributed by atoms with Gasteiger partial charge >= 0.3 is 12.3 Å². The number of nitrogens with zero attached hydrogens (tertiary/aromatic N) is 4. The van der Waals surface area contributed by atoms with E-state index in [4.69, 9.17) is 0 Å². The van der Waals surface area contributed by atoms with E-state index in [1.54, 1.807) is 39.2 Å². The number of carbonyl (C=O) groups is 2. The Morgan fingerprint density at radius 3 is 2.37 bits per heavy atom. The van der Waals surface area contributed by atoms with E-state index < -0.39 is 46.5 Å². The van der Waals surface area contributed by atoms with Crippen molar-refractivity contribution in [1.82, 2.24) is 20.1 Å². The van der Waals surface area contributed by atoms with Gasteiger partial charge in [0.1, 0.15) is 11.5 Å². The Hall–Kier alpha value is -4.78. The summed E-state index contributed by atoms with van der Waals surface area (Å²) in [7, 11) is 0. The van der Waals surface area contributed by atoms with Crippen molar-refractivity contribution in [2.45, 2.75) is 84.0 Å². The van der Waals surface area contributed by atoms with Crippen molar-refractivity contribution >= 4 is 23.4 Å². The van der Waals surface area contributed by atoms with E-state index in [-0.39, 0.29) is 17.1 Å². The van der Waals surface area contributed by atoms with Crippen molar-refractivity contribution in [2.24, 2.45) is 11.8 Å². The maximum Gasteiger partial charge on any atom is 0.435 e. The second-order valence-corrected chi connectivity index (χ2v) is 14.5. The zero-order valence-electron chi connectivity index (χ0n) is 29.4. The number of pyridine rings is 1. The van der Waals surface area contributed by atoms with Crippen molar-refractivity contribution < 1.29 is 32.3 Å². The lowest BCUT2D eigenvalue weighted by Gasteiger charge is -2.37. The van der Waals surface area contributed by atoms with E-state index in [1.165, 1.54) is 36.4 Å². The molecule has 0 saturated heterocycles. The smallest absolute Gasteiger partial charge is 0.435 e. The molecular weight excluding hydrogens is 664 g/mol. The molecule has 1 fully saturated rings. The lowest BCUT2D eigenvalue weighted by molar-refractivity contribution is -0.141. The van der Waals surface area contributed by atoms with E-state index in [9.17, 15) is 27.9 Å². The molecule has 0 aliphatic heterocycles. The van der Waals surface area contributed by atoms with E-state index in [0.29, 0.717) is 36.4 Å². The summed E-state index contributed by atoms with van der Waals surface area (Å²) in [5.41, 5.74) is -2.07. The molecule has 1 saturated carbocycles. The molecule has 13 heteroatoms. The third kappa shape index (κ3) is 8.76. The lowest BCUT2D eigenvalue weighted by atomic mass is 9.78. The Labute approximate surface area is 295 Å². The monoisotopic (exact) mass is 708 g/mol. The van der Waals surface area contributed by atoms with E-state index >= 15 is 4.39 Å². The Morgan fingerprint density at radius 1 is 1.02 bits per heavy atom. The van der Waals surface area contributed by atoms with E-state index in [1.807, 2.05) is 12.1 Å². The highest BCUT2D eigenvalue weighted by molar-refractivity contribution is 6.03. The second-order valence-electron chi connectivity index (χ2n) is 14.5. The Morgan fingerprint density at radius 2 is 1.76 bits per heavy atom. The van der Waals surface area contributed by atoms with Crippen LogP contribution in [0.15, 0.2) is 73.1 Å². The fourth-order valence-electron chi connectivity index (χ4n) is 6.26. The summed E-state index contributed by atoms with van der Waals surface area (Å²) in [5.74, 6) is -0.811. The number of nitrogens with one attached hydrogen (secondary N) is 2. The molecule has 2 aromatic heterocycles. The van der Waals surface area contributed by atoms with Gasteiger partial charge in [-0.2, -0.15) is 18.3 Å². The zero-order chi connectivity index (χ0) is 37.1. The molecule has 9 nitrogen and oxygen atoms in total. The highest BCUT2D eigenvalue weighted by atomic mass is 19.4. The Balaban J connectivity index is 1.56. The van der Waals surface area contributed by atoms with E-state index in [0.717, 1.165) is 40.8 Å². The van der Waals surface area contributed by atoms with Gasteiger partial charge in [-0.15, -0.1) is 0 Å². The summed E-state index contributed by atoms with van der Waals surface area (Å²) < 4.78 is 58.3. The second kappa shape index (κ2) is 14.8. The topological polar surface area (TPSA) is 112 Å². The van der Waals surface area contributed by atoms with Crippen LogP contribution in [0.1, 0.15) is 94.0 Å². The van der Waals surface area contributed by atoms with E-state index in [2.05, 4.69) is 34.6 Å². The first-order valence-electron chi connectivity index (χ1n) is 17.1. The molecule has 51 heavy (non-hydrogen) atoms. The van der Waals surface area contributed by atoms with Gasteiger partial charge < -0.3 is 15.7 Å². The van der Waals surface area contributed by atoms with Crippen molar-refractivity contribution in [1.29, 1.82) is 0 Å². The third-order valence-corrected chi connectivity index (χ3v) is 9.06. The number of carbonyl (C=O) groups excluding carboxylic acids is 1. The van der Waals surface area contributed by atoms with Crippen LogP contribution in [-0.2, 0) is 11.7 Å². The van der Waals surface area contributed by atoms with Gasteiger partial charge in [0, 0.05) is 29.7 Å². The molecule has 4 aromatic rings. The van der Waals surface area contributed by atoms with Crippen LogP contribution >= 0.6 is 0 Å². The highest BCUT2D eigenvalue weighted by Gasteiger charge is 2.38. The maximum atomic E-state index is 15.6. The summed E-state index contributed by atoms with van der Waals surface area (Å²) in [5, 5.41) is 19.8. The largest absolute Gasteiger partial charge is 0.465 e. The van der Waals surface area contributed by atoms with Crippen LogP contribution in [0.2, 0.25) is 0 Å². The van der Waals surface area contributed by atoms with Gasteiger partial charge in [-0.05, 0) is 106 Å². The first kappa shape index (κ1) is 37.5. The van der Waals surface area contributed by atoms with Gasteiger partial charge in [-0.3, -0.25) is 14.7 Å². The zero-order valence-corrected chi connectivity index (χ0v) is 29.4. The average molecular weight is 709 g/mol. The number of alkyl halides is 3. The summed E-state index contributed by atoms with van der Waals surface area (Å²) in [4.78, 5) is 31.4. The molecule has 1 unspecified atom stereocenters. The number of anilines is 2. The quantitative estimate of drug-likeness (QED) is 0.120. The van der Waals surface area contributed by atoms with Crippen LogP contribution < -0.4 is 15.5 Å². The molecule has 2 amide bonds. The summed E-state index contributed by atoms with van der Waals surface area (Å²) >= 11 is 0. The molecule has 3 N–H and O–H groups in total. The molecule has 2 heterocycles. The van der Waals surface area contributed by atoms with Gasteiger partial charge in [0.2, 0.25) is 0 Å². The van der Waals surface area contributed by atoms with Gasteiger partial charge in [-0.1, -0.05) is 44.9 Å². The SMILES string of the molecule is CC(C)CCNC(CCC1CC1)(c1cccnc1)c1ccc(F)c(NC(=O)c2cc(C(F)(F)F)nn2-c2cccc(N(C(=O)O)C(C)(C)C)c2)c1. The van der Waals surface area contributed by atoms with Crippen molar-refractivity contribution in [3.8, 4) is 5.69 Å². The van der Waals surface area contributed by atoms with Crippen molar-refractivity contribution in [3.63, 3.8) is 0 Å². The first-order chi connectivity index (χ1) is 24.0. The molecule has 1 aliphatic rings. The van der Waals surface area contributed by atoms with Crippen molar-refractivity contribution in [2.75, 3.05) is 16.8 Å². The molecule has 0 bridgehead atoms. The molecule has 0 spiro atoms. The standard InChI is InChI=1S/C38H44F4N6O3/c1-24(2)16-19-44-37(17-15-25-11-12-25,27-8-7-18-43-23-27)26-13-14-30(39)31(20-26)45-34(49)32-22-33(38(40,41)42)46-48(32)29-10-6-9-28(21-29)47(35(50)51)36(3,4)5/h6-10,13-14,18,20-25,44H,11-12,15-17,19H2,1-5H3,(H,45,49)(H,50,51). The molecule has 272 valence electrons. The minimum Gasteiger partial charge on any atom is -0.465 e. The van der Waals surface area contributed by atoms with Crippen LogP contribution in [0, 0.1) is 17.7 Å². The van der Waals surface area contributed by atoms with Crippen molar-refractivity contribution in [3.05, 3.63) is 101 Å². The fourth-order valence-corrected chi connectivity index (χ4v) is 6.26. The van der Waals surface area contributed by atoms with Crippen LogP contribution in [-0.4, -0.2) is 44.0 Å². The van der Waals surface area contributed by atoms with Gasteiger partial charge in [0.15, 0.2) is 5.69 Å². The van der Waals surface area contributed by atoms with Gasteiger partial charge in [-0.25, -0.2) is 13.9 Å². The minimum absolute atomic E-state index is 0.00268. The molecule has 1 atom stereocenters. The molecule has 0 radical (unpaired) electrons. The number of hydrogen-bond acceptors (Lipinski definition) is 5. The van der Waals surface area contributed by atoms with Crippen LogP contribution in [0.4, 0.5) is 33.7 Å². The normalized spacial score (nSPS) is 14.7. The number of aromatic nitrogens is 3. The van der Waals surface area contributed by atoms with Crippen LogP contribution in [0.5, 0.6) is 0 Å². The predicted octanol–water partition coefficient (Wildman–Crippen LogP) is 9.03. The summed E-state index contributed by atoms with van der Waals surface area (Å²) in [6, 6.07) is 14.5. The number of halogens is 4. The number of carboxylic acid groups (broad SMARTS) is 1. The van der Waals surface area contributed by atoms with Crippen LogP contribution in [0.3, 0.4) is 0 Å². The predicted molar refractivity (Wildman–Crippen MR) is 188 cm³/mol. The highest BCUT2D eigenvalue weighted by Crippen LogP contribution is 2.42.